The van der Waals surface area contributed by atoms with Crippen molar-refractivity contribution in [2.24, 2.45) is 0 Å². The molecule has 0 atom stereocenters. The van der Waals surface area contributed by atoms with Crippen LogP contribution in [-0.2, 0) is 6.18 Å². The SMILES string of the molecule is CN(C(=O)c1ccc(F)c(C(F)(F)F)c1)C1CCNCC1.Cl. The molecule has 3 nitrogen and oxygen atoms in total. The fourth-order valence-electron chi connectivity index (χ4n) is 2.44. The summed E-state index contributed by atoms with van der Waals surface area (Å²) in [7, 11) is 1.56. The molecule has 1 aromatic carbocycles. The summed E-state index contributed by atoms with van der Waals surface area (Å²) < 4.78 is 51.3. The lowest BCUT2D eigenvalue weighted by Crippen LogP contribution is -2.44. The molecule has 8 heteroatoms. The van der Waals surface area contributed by atoms with Gasteiger partial charge in [0.15, 0.2) is 0 Å². The monoisotopic (exact) mass is 340 g/mol. The predicted molar refractivity (Wildman–Crippen MR) is 76.6 cm³/mol. The van der Waals surface area contributed by atoms with Crippen LogP contribution in [0.3, 0.4) is 0 Å². The van der Waals surface area contributed by atoms with Gasteiger partial charge < -0.3 is 10.2 Å². The quantitative estimate of drug-likeness (QED) is 0.839. The molecule has 1 fully saturated rings. The summed E-state index contributed by atoms with van der Waals surface area (Å²) in [5.74, 6) is -1.89. The van der Waals surface area contributed by atoms with E-state index in [1.807, 2.05) is 0 Å². The second kappa shape index (κ2) is 7.28. The first-order valence-electron chi connectivity index (χ1n) is 6.65. The molecule has 0 unspecified atom stereocenters. The summed E-state index contributed by atoms with van der Waals surface area (Å²) in [4.78, 5) is 13.7. The molecular formula is C14H17ClF4N2O. The second-order valence-electron chi connectivity index (χ2n) is 5.09. The Morgan fingerprint density at radius 1 is 1.27 bits per heavy atom. The molecule has 1 N–H and O–H groups in total. The Morgan fingerprint density at radius 3 is 2.41 bits per heavy atom. The van der Waals surface area contributed by atoms with E-state index in [1.54, 1.807) is 7.05 Å². The predicted octanol–water partition coefficient (Wildman–Crippen LogP) is 3.09. The van der Waals surface area contributed by atoms with Crippen LogP contribution in [0.4, 0.5) is 17.6 Å². The first-order valence-corrected chi connectivity index (χ1v) is 6.65. The van der Waals surface area contributed by atoms with E-state index in [1.165, 1.54) is 4.90 Å². The number of halogens is 5. The van der Waals surface area contributed by atoms with Crippen molar-refractivity contribution in [3.8, 4) is 0 Å². The van der Waals surface area contributed by atoms with Crippen molar-refractivity contribution >= 4 is 18.3 Å². The van der Waals surface area contributed by atoms with Crippen LogP contribution in [0.2, 0.25) is 0 Å². The number of hydrogen-bond donors (Lipinski definition) is 1. The lowest BCUT2D eigenvalue weighted by Gasteiger charge is -2.31. The third-order valence-corrected chi connectivity index (χ3v) is 3.70. The van der Waals surface area contributed by atoms with Gasteiger partial charge in [0.25, 0.3) is 5.91 Å². The van der Waals surface area contributed by atoms with Crippen molar-refractivity contribution in [2.45, 2.75) is 25.1 Å². The topological polar surface area (TPSA) is 32.3 Å². The number of amides is 1. The highest BCUT2D eigenvalue weighted by molar-refractivity contribution is 5.94. The maximum absolute atomic E-state index is 13.2. The summed E-state index contributed by atoms with van der Waals surface area (Å²) in [5.41, 5.74) is -1.56. The van der Waals surface area contributed by atoms with Gasteiger partial charge in [-0.3, -0.25) is 4.79 Å². The molecular weight excluding hydrogens is 324 g/mol. The number of rotatable bonds is 2. The van der Waals surface area contributed by atoms with Crippen LogP contribution in [0, 0.1) is 5.82 Å². The van der Waals surface area contributed by atoms with Gasteiger partial charge in [0.1, 0.15) is 5.82 Å². The van der Waals surface area contributed by atoms with Gasteiger partial charge in [0, 0.05) is 18.7 Å². The minimum atomic E-state index is -4.81. The molecule has 1 heterocycles. The molecule has 1 amide bonds. The van der Waals surface area contributed by atoms with Crippen molar-refractivity contribution in [1.29, 1.82) is 0 Å². The molecule has 1 aliphatic rings. The van der Waals surface area contributed by atoms with Crippen LogP contribution in [0.25, 0.3) is 0 Å². The smallest absolute Gasteiger partial charge is 0.339 e. The number of hydrogen-bond acceptors (Lipinski definition) is 2. The Kier molecular flexibility index (Phi) is 6.19. The Hall–Kier alpha value is -1.34. The van der Waals surface area contributed by atoms with Gasteiger partial charge in [0.05, 0.1) is 5.56 Å². The van der Waals surface area contributed by atoms with Crippen LogP contribution < -0.4 is 5.32 Å². The van der Waals surface area contributed by atoms with E-state index in [9.17, 15) is 22.4 Å². The average Bonchev–Trinajstić information content (AvgIpc) is 2.46. The summed E-state index contributed by atoms with van der Waals surface area (Å²) in [5, 5.41) is 3.15. The van der Waals surface area contributed by atoms with E-state index in [4.69, 9.17) is 0 Å². The van der Waals surface area contributed by atoms with Gasteiger partial charge in [-0.15, -0.1) is 12.4 Å². The first-order chi connectivity index (χ1) is 9.80. The molecule has 0 aromatic heterocycles. The molecule has 2 rings (SSSR count). The maximum atomic E-state index is 13.2. The van der Waals surface area contributed by atoms with E-state index in [2.05, 4.69) is 5.32 Å². The molecule has 0 saturated carbocycles. The fourth-order valence-corrected chi connectivity index (χ4v) is 2.44. The summed E-state index contributed by atoms with van der Waals surface area (Å²) in [6.45, 7) is 1.53. The zero-order chi connectivity index (χ0) is 15.6. The largest absolute Gasteiger partial charge is 0.419 e. The third kappa shape index (κ3) is 4.10. The number of benzene rings is 1. The zero-order valence-electron chi connectivity index (χ0n) is 11.9. The molecule has 0 radical (unpaired) electrons. The van der Waals surface area contributed by atoms with Crippen molar-refractivity contribution in [3.63, 3.8) is 0 Å². The lowest BCUT2D eigenvalue weighted by molar-refractivity contribution is -0.140. The number of alkyl halides is 3. The second-order valence-corrected chi connectivity index (χ2v) is 5.09. The van der Waals surface area contributed by atoms with Crippen molar-refractivity contribution in [3.05, 3.63) is 35.1 Å². The van der Waals surface area contributed by atoms with Gasteiger partial charge in [0.2, 0.25) is 0 Å². The molecule has 1 aliphatic heterocycles. The van der Waals surface area contributed by atoms with E-state index >= 15 is 0 Å². The molecule has 1 saturated heterocycles. The zero-order valence-corrected chi connectivity index (χ0v) is 12.7. The minimum Gasteiger partial charge on any atom is -0.339 e. The van der Waals surface area contributed by atoms with Gasteiger partial charge in [-0.2, -0.15) is 13.2 Å². The highest BCUT2D eigenvalue weighted by Gasteiger charge is 2.35. The lowest BCUT2D eigenvalue weighted by atomic mass is 10.0. The highest BCUT2D eigenvalue weighted by Crippen LogP contribution is 2.32. The molecule has 22 heavy (non-hydrogen) atoms. The Labute approximate surface area is 132 Å². The van der Waals surface area contributed by atoms with Crippen LogP contribution in [0.5, 0.6) is 0 Å². The maximum Gasteiger partial charge on any atom is 0.419 e. The van der Waals surface area contributed by atoms with Crippen LogP contribution >= 0.6 is 12.4 Å². The minimum absolute atomic E-state index is 0. The van der Waals surface area contributed by atoms with Crippen molar-refractivity contribution < 1.29 is 22.4 Å². The van der Waals surface area contributed by atoms with Crippen LogP contribution in [0.15, 0.2) is 18.2 Å². The standard InChI is InChI=1S/C14H16F4N2O.ClH/c1-20(10-4-6-19-7-5-10)13(21)9-2-3-12(15)11(8-9)14(16,17)18;/h2-3,8,10,19H,4-7H2,1H3;1H. The number of nitrogens with one attached hydrogen (secondary N) is 1. The van der Waals surface area contributed by atoms with Crippen molar-refractivity contribution in [2.75, 3.05) is 20.1 Å². The Bertz CT molecular complexity index is 530. The molecule has 0 spiro atoms. The van der Waals surface area contributed by atoms with Crippen LogP contribution in [-0.4, -0.2) is 37.0 Å². The van der Waals surface area contributed by atoms with E-state index < -0.39 is 23.5 Å². The fraction of sp³-hybridized carbons (Fsp3) is 0.500. The number of piperidine rings is 1. The average molecular weight is 341 g/mol. The summed E-state index contributed by atoms with van der Waals surface area (Å²) in [6, 6.07) is 2.34. The van der Waals surface area contributed by atoms with Gasteiger partial charge in [-0.25, -0.2) is 4.39 Å². The third-order valence-electron chi connectivity index (χ3n) is 3.70. The highest BCUT2D eigenvalue weighted by atomic mass is 35.5. The molecule has 124 valence electrons. The number of carbonyl (C=O) groups is 1. The van der Waals surface area contributed by atoms with E-state index in [0.29, 0.717) is 12.1 Å². The summed E-state index contributed by atoms with van der Waals surface area (Å²) >= 11 is 0. The Balaban J connectivity index is 0.00000242. The van der Waals surface area contributed by atoms with Gasteiger partial charge in [-0.05, 0) is 44.1 Å². The van der Waals surface area contributed by atoms with Crippen molar-refractivity contribution in [1.82, 2.24) is 10.2 Å². The molecule has 0 bridgehead atoms. The van der Waals surface area contributed by atoms with Gasteiger partial charge in [-0.1, -0.05) is 0 Å². The number of carbonyl (C=O) groups excluding carboxylic acids is 1. The summed E-state index contributed by atoms with van der Waals surface area (Å²) in [6.07, 6.45) is -3.32. The van der Waals surface area contributed by atoms with Gasteiger partial charge >= 0.3 is 6.18 Å². The van der Waals surface area contributed by atoms with E-state index in [0.717, 1.165) is 32.0 Å². The van der Waals surface area contributed by atoms with Crippen LogP contribution in [0.1, 0.15) is 28.8 Å². The molecule has 0 aliphatic carbocycles. The Morgan fingerprint density at radius 2 is 1.86 bits per heavy atom. The first kappa shape index (κ1) is 18.7. The number of nitrogens with zero attached hydrogens (tertiary/aromatic N) is 1. The van der Waals surface area contributed by atoms with E-state index in [-0.39, 0.29) is 24.0 Å². The molecule has 1 aromatic rings. The normalized spacial score (nSPS) is 16.0.